The second kappa shape index (κ2) is 10.4. The van der Waals surface area contributed by atoms with E-state index in [1.54, 1.807) is 16.2 Å². The van der Waals surface area contributed by atoms with Crippen molar-refractivity contribution in [2.45, 2.75) is 32.4 Å². The van der Waals surface area contributed by atoms with Crippen LogP contribution in [-0.2, 0) is 29.1 Å². The van der Waals surface area contributed by atoms with E-state index in [1.165, 1.54) is 0 Å². The highest BCUT2D eigenvalue weighted by Crippen LogP contribution is 2.30. The quantitative estimate of drug-likeness (QED) is 0.464. The summed E-state index contributed by atoms with van der Waals surface area (Å²) in [4.78, 5) is 31.2. The van der Waals surface area contributed by atoms with E-state index >= 15 is 0 Å². The zero-order valence-corrected chi connectivity index (χ0v) is 18.5. The lowest BCUT2D eigenvalue weighted by molar-refractivity contribution is -0.141. The van der Waals surface area contributed by atoms with Gasteiger partial charge in [-0.1, -0.05) is 66.7 Å². The molecule has 0 unspecified atom stereocenters. The van der Waals surface area contributed by atoms with Crippen molar-refractivity contribution in [2.24, 2.45) is 5.92 Å². The third-order valence-corrected chi connectivity index (χ3v) is 6.41. The fraction of sp³-hybridized carbons (Fsp3) is 0.308. The van der Waals surface area contributed by atoms with E-state index in [9.17, 15) is 9.59 Å². The molecule has 1 fully saturated rings. The lowest BCUT2D eigenvalue weighted by Gasteiger charge is -2.28. The molecule has 3 aromatic rings. The van der Waals surface area contributed by atoms with E-state index < -0.39 is 0 Å². The smallest absolute Gasteiger partial charge is 0.242 e. The van der Waals surface area contributed by atoms with Crippen LogP contribution in [0.4, 0.5) is 0 Å². The van der Waals surface area contributed by atoms with Gasteiger partial charge in [-0.2, -0.15) is 0 Å². The summed E-state index contributed by atoms with van der Waals surface area (Å²) in [7, 11) is 0. The number of thiophene rings is 1. The summed E-state index contributed by atoms with van der Waals surface area (Å²) in [5.41, 5.74) is 2.08. The van der Waals surface area contributed by atoms with Gasteiger partial charge in [0.25, 0.3) is 0 Å². The molecule has 4 nitrogen and oxygen atoms in total. The van der Waals surface area contributed by atoms with E-state index in [-0.39, 0.29) is 18.4 Å². The molecule has 1 saturated carbocycles. The van der Waals surface area contributed by atoms with Gasteiger partial charge in [-0.3, -0.25) is 9.59 Å². The first-order chi connectivity index (χ1) is 15.2. The number of hydrogen-bond donors (Lipinski definition) is 0. The monoisotopic (exact) mass is 432 g/mol. The number of carbonyl (C=O) groups excluding carboxylic acids is 2. The zero-order valence-electron chi connectivity index (χ0n) is 17.7. The van der Waals surface area contributed by atoms with Crippen LogP contribution in [0.2, 0.25) is 0 Å². The Morgan fingerprint density at radius 2 is 1.45 bits per heavy atom. The van der Waals surface area contributed by atoms with Crippen molar-refractivity contribution in [2.75, 3.05) is 13.1 Å². The highest BCUT2D eigenvalue weighted by Gasteiger charge is 2.29. The minimum atomic E-state index is -0.000635. The first-order valence-electron chi connectivity index (χ1n) is 10.8. The molecule has 0 spiro atoms. The van der Waals surface area contributed by atoms with E-state index in [2.05, 4.69) is 6.07 Å². The number of carbonyl (C=O) groups is 2. The van der Waals surface area contributed by atoms with Crippen molar-refractivity contribution in [3.05, 3.63) is 94.2 Å². The molecule has 0 aliphatic heterocycles. The van der Waals surface area contributed by atoms with Crippen molar-refractivity contribution >= 4 is 23.2 Å². The van der Waals surface area contributed by atoms with Crippen LogP contribution >= 0.6 is 11.3 Å². The molecule has 4 rings (SSSR count). The highest BCUT2D eigenvalue weighted by molar-refractivity contribution is 7.09. The van der Waals surface area contributed by atoms with Crippen LogP contribution < -0.4 is 0 Å². The van der Waals surface area contributed by atoms with Gasteiger partial charge in [0.1, 0.15) is 0 Å². The summed E-state index contributed by atoms with van der Waals surface area (Å²) in [5.74, 6) is 0.564. The molecule has 31 heavy (non-hydrogen) atoms. The summed E-state index contributed by atoms with van der Waals surface area (Å²) in [6.45, 7) is 1.92. The second-order valence-corrected chi connectivity index (χ2v) is 9.23. The van der Waals surface area contributed by atoms with Crippen molar-refractivity contribution in [1.82, 2.24) is 9.80 Å². The summed E-state index contributed by atoms with van der Waals surface area (Å²) >= 11 is 1.65. The lowest BCUT2D eigenvalue weighted by atomic mass is 10.1. The zero-order chi connectivity index (χ0) is 21.5. The normalized spacial score (nSPS) is 13.0. The number of rotatable bonds is 10. The lowest BCUT2D eigenvalue weighted by Crippen LogP contribution is -2.43. The molecular weight excluding hydrogens is 404 g/mol. The third-order valence-electron chi connectivity index (χ3n) is 5.55. The summed E-state index contributed by atoms with van der Waals surface area (Å²) < 4.78 is 0. The molecule has 160 valence electrons. The molecule has 0 bridgehead atoms. The average molecular weight is 433 g/mol. The molecular formula is C26H28N2O2S. The minimum absolute atomic E-state index is 0.000635. The van der Waals surface area contributed by atoms with Crippen LogP contribution in [0.15, 0.2) is 78.2 Å². The molecule has 0 saturated heterocycles. The van der Waals surface area contributed by atoms with E-state index in [4.69, 9.17) is 0 Å². The molecule has 0 radical (unpaired) electrons. The third kappa shape index (κ3) is 6.53. The first kappa shape index (κ1) is 21.3. The molecule has 1 aliphatic rings. The maximum absolute atomic E-state index is 13.4. The molecule has 1 heterocycles. The molecule has 2 amide bonds. The van der Waals surface area contributed by atoms with Gasteiger partial charge in [-0.25, -0.2) is 0 Å². The fourth-order valence-corrected chi connectivity index (χ4v) is 4.36. The van der Waals surface area contributed by atoms with Crippen LogP contribution in [0.3, 0.4) is 0 Å². The summed E-state index contributed by atoms with van der Waals surface area (Å²) in [5, 5.41) is 2.03. The van der Waals surface area contributed by atoms with E-state index in [0.29, 0.717) is 32.0 Å². The van der Waals surface area contributed by atoms with Gasteiger partial charge in [0.2, 0.25) is 11.8 Å². The Bertz CT molecular complexity index is 969. The maximum atomic E-state index is 13.4. The average Bonchev–Trinajstić information content (AvgIpc) is 3.46. The molecule has 5 heteroatoms. The van der Waals surface area contributed by atoms with Crippen LogP contribution in [0, 0.1) is 5.92 Å². The van der Waals surface area contributed by atoms with Crippen LogP contribution in [0.5, 0.6) is 0 Å². The van der Waals surface area contributed by atoms with Crippen molar-refractivity contribution < 1.29 is 9.59 Å². The topological polar surface area (TPSA) is 40.6 Å². The number of amides is 2. The molecule has 1 aliphatic carbocycles. The van der Waals surface area contributed by atoms with Gasteiger partial charge in [0, 0.05) is 18.0 Å². The van der Waals surface area contributed by atoms with Gasteiger partial charge >= 0.3 is 0 Å². The van der Waals surface area contributed by atoms with Gasteiger partial charge in [0.05, 0.1) is 19.5 Å². The van der Waals surface area contributed by atoms with Crippen molar-refractivity contribution in [3.8, 4) is 0 Å². The Morgan fingerprint density at radius 3 is 2.06 bits per heavy atom. The van der Waals surface area contributed by atoms with Crippen LogP contribution in [0.1, 0.15) is 28.8 Å². The minimum Gasteiger partial charge on any atom is -0.333 e. The Labute approximate surface area is 188 Å². The van der Waals surface area contributed by atoms with Gasteiger partial charge in [-0.05, 0) is 41.3 Å². The molecule has 2 aromatic carbocycles. The SMILES string of the molecule is O=C(CN(CC1CC1)C(=O)Cc1ccccc1)N(Cc1ccccc1)Cc1cccs1. The Balaban J connectivity index is 1.47. The Morgan fingerprint density at radius 1 is 0.774 bits per heavy atom. The van der Waals surface area contributed by atoms with Crippen molar-refractivity contribution in [1.29, 1.82) is 0 Å². The largest absolute Gasteiger partial charge is 0.333 e. The highest BCUT2D eigenvalue weighted by atomic mass is 32.1. The predicted octanol–water partition coefficient (Wildman–Crippen LogP) is 4.76. The maximum Gasteiger partial charge on any atom is 0.242 e. The van der Waals surface area contributed by atoms with Crippen molar-refractivity contribution in [3.63, 3.8) is 0 Å². The van der Waals surface area contributed by atoms with E-state index in [0.717, 1.165) is 28.8 Å². The van der Waals surface area contributed by atoms with E-state index in [1.807, 2.05) is 77.0 Å². The summed E-state index contributed by atoms with van der Waals surface area (Å²) in [6, 6.07) is 23.9. The number of benzene rings is 2. The molecule has 0 N–H and O–H groups in total. The van der Waals surface area contributed by atoms with Crippen LogP contribution in [-0.4, -0.2) is 34.7 Å². The second-order valence-electron chi connectivity index (χ2n) is 8.19. The number of hydrogen-bond acceptors (Lipinski definition) is 3. The Kier molecular flexibility index (Phi) is 7.15. The molecule has 0 atom stereocenters. The van der Waals surface area contributed by atoms with Gasteiger partial charge in [-0.15, -0.1) is 11.3 Å². The Hall–Kier alpha value is -2.92. The van der Waals surface area contributed by atoms with Crippen LogP contribution in [0.25, 0.3) is 0 Å². The number of nitrogens with zero attached hydrogens (tertiary/aromatic N) is 2. The predicted molar refractivity (Wildman–Crippen MR) is 124 cm³/mol. The fourth-order valence-electron chi connectivity index (χ4n) is 3.64. The van der Waals surface area contributed by atoms with Gasteiger partial charge < -0.3 is 9.80 Å². The summed E-state index contributed by atoms with van der Waals surface area (Å²) in [6.07, 6.45) is 2.63. The standard InChI is InChI=1S/C26H28N2O2S/c29-25(16-21-8-3-1-4-9-21)28(18-23-13-14-23)20-26(30)27(19-24-12-7-15-31-24)17-22-10-5-2-6-11-22/h1-12,15,23H,13-14,16-20H2. The molecule has 1 aromatic heterocycles. The van der Waals surface area contributed by atoms with Gasteiger partial charge in [0.15, 0.2) is 0 Å². The first-order valence-corrected chi connectivity index (χ1v) is 11.7.